The number of fused-ring (bicyclic) bond motifs is 1. The highest BCUT2D eigenvalue weighted by atomic mass is 32.1. The first-order valence-electron chi connectivity index (χ1n) is 9.08. The zero-order chi connectivity index (χ0) is 20.1. The molecule has 0 radical (unpaired) electrons. The van der Waals surface area contributed by atoms with Crippen molar-refractivity contribution < 1.29 is 4.74 Å². The van der Waals surface area contributed by atoms with Gasteiger partial charge in [-0.05, 0) is 55.4 Å². The summed E-state index contributed by atoms with van der Waals surface area (Å²) < 4.78 is 5.23. The Balaban J connectivity index is 1.84. The molecule has 0 saturated carbocycles. The van der Waals surface area contributed by atoms with Crippen molar-refractivity contribution in [1.29, 1.82) is 0 Å². The summed E-state index contributed by atoms with van der Waals surface area (Å²) in [5, 5.41) is 4.45. The number of aromatic nitrogens is 2. The number of aryl methyl sites for hydroxylation is 1. The van der Waals surface area contributed by atoms with Gasteiger partial charge in [0.05, 0.1) is 24.1 Å². The third kappa shape index (κ3) is 4.55. The van der Waals surface area contributed by atoms with Gasteiger partial charge < -0.3 is 19.9 Å². The van der Waals surface area contributed by atoms with Gasteiger partial charge in [0.1, 0.15) is 5.82 Å². The number of aromatic amines is 1. The van der Waals surface area contributed by atoms with Crippen LogP contribution < -0.4 is 10.9 Å². The normalized spacial score (nSPS) is 10.8. The number of H-pyrrole nitrogens is 1. The van der Waals surface area contributed by atoms with E-state index in [2.05, 4.69) is 35.2 Å². The van der Waals surface area contributed by atoms with Crippen LogP contribution in [-0.4, -0.2) is 40.2 Å². The van der Waals surface area contributed by atoms with Crippen LogP contribution >= 0.6 is 12.2 Å². The molecule has 0 aliphatic rings. The van der Waals surface area contributed by atoms with E-state index in [9.17, 15) is 4.79 Å². The van der Waals surface area contributed by atoms with Gasteiger partial charge in [-0.25, -0.2) is 4.98 Å². The average molecular weight is 397 g/mol. The molecular formula is C21H24N4O2S. The second-order valence-corrected chi connectivity index (χ2v) is 7.01. The molecule has 6 nitrogen and oxygen atoms in total. The van der Waals surface area contributed by atoms with Crippen molar-refractivity contribution in [3.05, 3.63) is 69.8 Å². The van der Waals surface area contributed by atoms with Crippen LogP contribution in [0.3, 0.4) is 0 Å². The summed E-state index contributed by atoms with van der Waals surface area (Å²) in [5.41, 5.74) is 3.82. The summed E-state index contributed by atoms with van der Waals surface area (Å²) in [5.74, 6) is 0.560. The summed E-state index contributed by atoms with van der Waals surface area (Å²) in [4.78, 5) is 21.7. The fraction of sp³-hybridized carbons (Fsp3) is 0.286. The van der Waals surface area contributed by atoms with Crippen molar-refractivity contribution in [3.8, 4) is 0 Å². The maximum absolute atomic E-state index is 12.4. The van der Waals surface area contributed by atoms with Crippen molar-refractivity contribution in [2.75, 3.05) is 25.6 Å². The molecule has 0 aliphatic carbocycles. The largest absolute Gasteiger partial charge is 0.383 e. The molecule has 0 fully saturated rings. The monoisotopic (exact) mass is 396 g/mol. The Hall–Kier alpha value is -2.77. The van der Waals surface area contributed by atoms with Gasteiger partial charge in [0, 0.05) is 19.3 Å². The van der Waals surface area contributed by atoms with Crippen LogP contribution in [0.25, 0.3) is 10.9 Å². The average Bonchev–Trinajstić information content (AvgIpc) is 2.68. The SMILES string of the molecule is COCCN(Cc1nc2ccccc2c(=O)[nH]1)C(=S)Nc1cccc(C)c1C. The van der Waals surface area contributed by atoms with Gasteiger partial charge in [-0.1, -0.05) is 24.3 Å². The van der Waals surface area contributed by atoms with E-state index in [-0.39, 0.29) is 5.56 Å². The summed E-state index contributed by atoms with van der Waals surface area (Å²) in [6.45, 7) is 5.58. The molecule has 2 aromatic carbocycles. The number of para-hydroxylation sites is 1. The van der Waals surface area contributed by atoms with E-state index in [4.69, 9.17) is 17.0 Å². The summed E-state index contributed by atoms with van der Waals surface area (Å²) in [6.07, 6.45) is 0. The van der Waals surface area contributed by atoms with E-state index in [1.165, 1.54) is 5.56 Å². The van der Waals surface area contributed by atoms with E-state index in [0.29, 0.717) is 41.5 Å². The first-order valence-corrected chi connectivity index (χ1v) is 9.49. The highest BCUT2D eigenvalue weighted by molar-refractivity contribution is 7.80. The summed E-state index contributed by atoms with van der Waals surface area (Å²) in [6, 6.07) is 13.4. The van der Waals surface area contributed by atoms with Gasteiger partial charge in [-0.3, -0.25) is 4.79 Å². The molecule has 0 aliphatic heterocycles. The Labute approximate surface area is 169 Å². The maximum Gasteiger partial charge on any atom is 0.258 e. The molecule has 7 heteroatoms. The number of thiocarbonyl (C=S) groups is 1. The Kier molecular flexibility index (Phi) is 6.38. The smallest absolute Gasteiger partial charge is 0.258 e. The predicted octanol–water partition coefficient (Wildman–Crippen LogP) is 3.39. The molecule has 28 heavy (non-hydrogen) atoms. The third-order valence-electron chi connectivity index (χ3n) is 4.70. The topological polar surface area (TPSA) is 70.2 Å². The van der Waals surface area contributed by atoms with Crippen molar-refractivity contribution in [3.63, 3.8) is 0 Å². The number of anilines is 1. The zero-order valence-electron chi connectivity index (χ0n) is 16.3. The van der Waals surface area contributed by atoms with Crippen molar-refractivity contribution in [1.82, 2.24) is 14.9 Å². The van der Waals surface area contributed by atoms with Gasteiger partial charge in [0.25, 0.3) is 5.56 Å². The first-order chi connectivity index (χ1) is 13.5. The fourth-order valence-electron chi connectivity index (χ4n) is 2.93. The van der Waals surface area contributed by atoms with Crippen LogP contribution in [0.2, 0.25) is 0 Å². The molecule has 1 aromatic heterocycles. The lowest BCUT2D eigenvalue weighted by atomic mass is 10.1. The molecular weight excluding hydrogens is 372 g/mol. The number of nitrogens with zero attached hydrogens (tertiary/aromatic N) is 2. The van der Waals surface area contributed by atoms with Crippen LogP contribution in [0, 0.1) is 13.8 Å². The van der Waals surface area contributed by atoms with Crippen molar-refractivity contribution in [2.45, 2.75) is 20.4 Å². The van der Waals surface area contributed by atoms with Crippen LogP contribution in [0.4, 0.5) is 5.69 Å². The number of ether oxygens (including phenoxy) is 1. The van der Waals surface area contributed by atoms with Crippen molar-refractivity contribution in [2.24, 2.45) is 0 Å². The lowest BCUT2D eigenvalue weighted by Gasteiger charge is -2.26. The molecule has 0 amide bonds. The molecule has 1 heterocycles. The van der Waals surface area contributed by atoms with E-state index in [1.54, 1.807) is 13.2 Å². The minimum Gasteiger partial charge on any atom is -0.383 e. The summed E-state index contributed by atoms with van der Waals surface area (Å²) in [7, 11) is 1.65. The molecule has 0 spiro atoms. The van der Waals surface area contributed by atoms with Gasteiger partial charge in [-0.15, -0.1) is 0 Å². The zero-order valence-corrected chi connectivity index (χ0v) is 17.1. The second-order valence-electron chi connectivity index (χ2n) is 6.62. The number of nitrogens with one attached hydrogen (secondary N) is 2. The Morgan fingerprint density at radius 2 is 2.00 bits per heavy atom. The predicted molar refractivity (Wildman–Crippen MR) is 117 cm³/mol. The minimum atomic E-state index is -0.152. The number of rotatable bonds is 6. The first kappa shape index (κ1) is 20.0. The number of methoxy groups -OCH3 is 1. The Morgan fingerprint density at radius 3 is 2.79 bits per heavy atom. The second kappa shape index (κ2) is 8.95. The van der Waals surface area contributed by atoms with E-state index in [1.807, 2.05) is 35.2 Å². The van der Waals surface area contributed by atoms with Gasteiger partial charge in [0.15, 0.2) is 5.11 Å². The van der Waals surface area contributed by atoms with Crippen LogP contribution in [0.1, 0.15) is 17.0 Å². The maximum atomic E-state index is 12.4. The lowest BCUT2D eigenvalue weighted by molar-refractivity contribution is 0.174. The highest BCUT2D eigenvalue weighted by Crippen LogP contribution is 2.19. The molecule has 3 aromatic rings. The van der Waals surface area contributed by atoms with Gasteiger partial charge >= 0.3 is 0 Å². The van der Waals surface area contributed by atoms with E-state index < -0.39 is 0 Å². The fourth-order valence-corrected chi connectivity index (χ4v) is 3.19. The van der Waals surface area contributed by atoms with E-state index >= 15 is 0 Å². The van der Waals surface area contributed by atoms with Crippen LogP contribution in [0.15, 0.2) is 47.3 Å². The molecule has 0 atom stereocenters. The molecule has 146 valence electrons. The van der Waals surface area contributed by atoms with Crippen LogP contribution in [0.5, 0.6) is 0 Å². The minimum absolute atomic E-state index is 0.152. The Bertz CT molecular complexity index is 1050. The molecule has 0 saturated heterocycles. The molecule has 3 rings (SSSR count). The molecule has 0 unspecified atom stereocenters. The summed E-state index contributed by atoms with van der Waals surface area (Å²) >= 11 is 5.64. The van der Waals surface area contributed by atoms with Gasteiger partial charge in [0.2, 0.25) is 0 Å². The standard InChI is InChI=1S/C21H24N4O2S/c1-14-7-6-10-17(15(14)2)23-21(28)25(11-12-27-3)13-19-22-18-9-5-4-8-16(18)20(26)24-19/h4-10H,11-13H2,1-3H3,(H,23,28)(H,22,24,26). The van der Waals surface area contributed by atoms with E-state index in [0.717, 1.165) is 11.3 Å². The Morgan fingerprint density at radius 1 is 1.21 bits per heavy atom. The van der Waals surface area contributed by atoms with Gasteiger partial charge in [-0.2, -0.15) is 0 Å². The highest BCUT2D eigenvalue weighted by Gasteiger charge is 2.14. The number of hydrogen-bond acceptors (Lipinski definition) is 4. The lowest BCUT2D eigenvalue weighted by Crippen LogP contribution is -2.37. The van der Waals surface area contributed by atoms with Crippen LogP contribution in [-0.2, 0) is 11.3 Å². The molecule has 0 bridgehead atoms. The third-order valence-corrected chi connectivity index (χ3v) is 5.06. The quantitative estimate of drug-likeness (QED) is 0.623. The van der Waals surface area contributed by atoms with Crippen molar-refractivity contribution >= 4 is 33.9 Å². The number of hydrogen-bond donors (Lipinski definition) is 2. The number of benzene rings is 2. The molecule has 2 N–H and O–H groups in total.